The van der Waals surface area contributed by atoms with Crippen molar-refractivity contribution in [2.75, 3.05) is 0 Å². The Balaban J connectivity index is 4.13. The van der Waals surface area contributed by atoms with Gasteiger partial charge in [0.05, 0.1) is 0 Å². The van der Waals surface area contributed by atoms with Crippen LogP contribution in [0.1, 0.15) is 27.7 Å². The van der Waals surface area contributed by atoms with Gasteiger partial charge in [-0.25, -0.2) is 0 Å². The molecule has 0 atom stereocenters. The van der Waals surface area contributed by atoms with Gasteiger partial charge in [0.1, 0.15) is 0 Å². The van der Waals surface area contributed by atoms with Gasteiger partial charge < -0.3 is 0 Å². The van der Waals surface area contributed by atoms with Crippen LogP contribution in [0.25, 0.3) is 0 Å². The highest BCUT2D eigenvalue weighted by Crippen LogP contribution is 1.59. The van der Waals surface area contributed by atoms with Gasteiger partial charge in [-0.2, -0.15) is 0 Å². The molecule has 0 aromatic rings. The van der Waals surface area contributed by atoms with Crippen LogP contribution in [-0.2, 0) is 0 Å². The quantitative estimate of drug-likeness (QED) is 0.317. The van der Waals surface area contributed by atoms with Crippen molar-refractivity contribution in [3.63, 3.8) is 0 Å². The average Bonchev–Trinajstić information content (AvgIpc) is 1.27. The molecule has 0 radical (unpaired) electrons. The summed E-state index contributed by atoms with van der Waals surface area (Å²) in [5.41, 5.74) is 2.25. The first-order chi connectivity index (χ1) is 3.13. The van der Waals surface area contributed by atoms with Crippen LogP contribution in [0, 0.1) is 0 Å². The van der Waals surface area contributed by atoms with E-state index in [2.05, 4.69) is 4.67 Å². The summed E-state index contributed by atoms with van der Waals surface area (Å²) in [6.45, 7) is 7.97. The molecule has 40 valence electrons. The maximum Gasteiger partial charge on any atom is 0.274 e. The summed E-state index contributed by atoms with van der Waals surface area (Å²) in [6.07, 6.45) is 0. The molecular formula is C6H12N+. The second-order valence-corrected chi connectivity index (χ2v) is 2.01. The highest BCUT2D eigenvalue weighted by Gasteiger charge is 1.87. The Morgan fingerprint density at radius 1 is 0.857 bits per heavy atom. The van der Waals surface area contributed by atoms with Crippen LogP contribution < -0.4 is 4.67 Å². The molecule has 0 aliphatic carbocycles. The van der Waals surface area contributed by atoms with Gasteiger partial charge in [0.2, 0.25) is 0 Å². The Morgan fingerprint density at radius 2 is 1.14 bits per heavy atom. The largest absolute Gasteiger partial charge is 0.274 e. The fraction of sp³-hybridized carbons (Fsp3) is 0.667. The van der Waals surface area contributed by atoms with Crippen molar-refractivity contribution in [1.29, 1.82) is 0 Å². The molecule has 0 rings (SSSR count). The fourth-order valence-electron chi connectivity index (χ4n) is 0.447. The molecule has 0 bridgehead atoms. The van der Waals surface area contributed by atoms with Crippen molar-refractivity contribution in [2.45, 2.75) is 27.7 Å². The number of rotatable bonds is 0. The second-order valence-electron chi connectivity index (χ2n) is 2.01. The van der Waals surface area contributed by atoms with Gasteiger partial charge in [-0.05, 0) is 0 Å². The molecule has 0 unspecified atom stereocenters. The molecule has 0 fully saturated rings. The number of hydrogen-bond acceptors (Lipinski definition) is 0. The Kier molecular flexibility index (Phi) is 2.39. The van der Waals surface area contributed by atoms with E-state index in [9.17, 15) is 0 Å². The summed E-state index contributed by atoms with van der Waals surface area (Å²) in [5, 5.41) is 0. The Labute approximate surface area is 44.8 Å². The van der Waals surface area contributed by atoms with Gasteiger partial charge in [-0.1, -0.05) is 0 Å². The Morgan fingerprint density at radius 3 is 1.14 bits per heavy atom. The van der Waals surface area contributed by atoms with Crippen molar-refractivity contribution < 1.29 is 0 Å². The minimum atomic E-state index is 1.12. The molecule has 1 nitrogen and oxygen atoms in total. The lowest BCUT2D eigenvalue weighted by Crippen LogP contribution is -1.93. The highest BCUT2D eigenvalue weighted by molar-refractivity contribution is 5.87. The monoisotopic (exact) mass is 98.1 g/mol. The highest BCUT2D eigenvalue weighted by atomic mass is 14.6. The molecule has 7 heavy (non-hydrogen) atoms. The van der Waals surface area contributed by atoms with Crippen LogP contribution in [0.4, 0.5) is 0 Å². The van der Waals surface area contributed by atoms with E-state index in [4.69, 9.17) is 0 Å². The molecule has 0 saturated carbocycles. The van der Waals surface area contributed by atoms with Crippen LogP contribution >= 0.6 is 0 Å². The zero-order valence-electron chi connectivity index (χ0n) is 5.45. The third kappa shape index (κ3) is 5.45. The molecule has 0 amide bonds. The minimum absolute atomic E-state index is 1.12. The van der Waals surface area contributed by atoms with Crippen molar-refractivity contribution in [3.8, 4) is 0 Å². The van der Waals surface area contributed by atoms with Gasteiger partial charge in [0.25, 0.3) is 11.4 Å². The van der Waals surface area contributed by atoms with Crippen molar-refractivity contribution in [1.82, 2.24) is 4.67 Å². The SMILES string of the molecule is CC(C)=[N+]=C(C)C. The summed E-state index contributed by atoms with van der Waals surface area (Å²) in [6, 6.07) is 0. The normalized spacial score (nSPS) is 7.43. The van der Waals surface area contributed by atoms with Crippen LogP contribution in [0.2, 0.25) is 0 Å². The smallest absolute Gasteiger partial charge is 0.105 e. The third-order valence-corrected chi connectivity index (χ3v) is 0.447. The lowest BCUT2D eigenvalue weighted by molar-refractivity contribution is 1.49. The first-order valence-corrected chi connectivity index (χ1v) is 2.45. The van der Waals surface area contributed by atoms with Crippen LogP contribution in [-0.4, -0.2) is 11.4 Å². The van der Waals surface area contributed by atoms with E-state index in [0.717, 1.165) is 11.4 Å². The first kappa shape index (κ1) is 6.45. The standard InChI is InChI=1S/C6H12N/c1-5(2)7-6(3)4/h1-4H3/q+1. The zero-order chi connectivity index (χ0) is 5.86. The maximum absolute atomic E-state index is 4.11. The van der Waals surface area contributed by atoms with E-state index in [-0.39, 0.29) is 0 Å². The summed E-state index contributed by atoms with van der Waals surface area (Å²) < 4.78 is 4.11. The van der Waals surface area contributed by atoms with Gasteiger partial charge in [-0.15, -0.1) is 4.67 Å². The van der Waals surface area contributed by atoms with Crippen molar-refractivity contribution in [3.05, 3.63) is 0 Å². The first-order valence-electron chi connectivity index (χ1n) is 2.45. The second kappa shape index (κ2) is 2.59. The summed E-state index contributed by atoms with van der Waals surface area (Å²) in [5.74, 6) is 0. The number of nitrogens with zero attached hydrogens (tertiary/aromatic N) is 1. The molecule has 0 aromatic carbocycles. The fourth-order valence-corrected chi connectivity index (χ4v) is 0.447. The van der Waals surface area contributed by atoms with E-state index in [1.165, 1.54) is 0 Å². The minimum Gasteiger partial charge on any atom is -0.105 e. The molecule has 0 heterocycles. The predicted octanol–water partition coefficient (Wildman–Crippen LogP) is 1.02. The van der Waals surface area contributed by atoms with Gasteiger partial charge in [0.15, 0.2) is 0 Å². The van der Waals surface area contributed by atoms with Gasteiger partial charge in [0, 0.05) is 27.7 Å². The van der Waals surface area contributed by atoms with E-state index in [1.54, 1.807) is 0 Å². The van der Waals surface area contributed by atoms with Crippen LogP contribution in [0.15, 0.2) is 0 Å². The van der Waals surface area contributed by atoms with Crippen molar-refractivity contribution in [2.24, 2.45) is 0 Å². The van der Waals surface area contributed by atoms with Gasteiger partial charge in [-0.3, -0.25) is 0 Å². The summed E-state index contributed by atoms with van der Waals surface area (Å²) in [4.78, 5) is 0. The molecule has 0 saturated heterocycles. The summed E-state index contributed by atoms with van der Waals surface area (Å²) >= 11 is 0. The molecule has 0 aliphatic rings. The predicted molar refractivity (Wildman–Crippen MR) is 34.8 cm³/mol. The lowest BCUT2D eigenvalue weighted by atomic mass is 10.5. The molecule has 1 heteroatoms. The Bertz CT molecular complexity index is 96.1. The van der Waals surface area contributed by atoms with E-state index >= 15 is 0 Å². The molecule has 0 aromatic heterocycles. The Hall–Kier alpha value is -0.550. The van der Waals surface area contributed by atoms with Gasteiger partial charge >= 0.3 is 0 Å². The summed E-state index contributed by atoms with van der Waals surface area (Å²) in [7, 11) is 0. The van der Waals surface area contributed by atoms with Crippen LogP contribution in [0.3, 0.4) is 0 Å². The maximum atomic E-state index is 4.11. The molecular weight excluding hydrogens is 86.1 g/mol. The molecule has 0 spiro atoms. The lowest BCUT2D eigenvalue weighted by Gasteiger charge is -1.61. The topological polar surface area (TPSA) is 14.1 Å². The van der Waals surface area contributed by atoms with E-state index < -0.39 is 0 Å². The molecule has 0 aliphatic heterocycles. The average molecular weight is 98.2 g/mol. The third-order valence-electron chi connectivity index (χ3n) is 0.447. The van der Waals surface area contributed by atoms with Crippen LogP contribution in [0.5, 0.6) is 0 Å². The van der Waals surface area contributed by atoms with E-state index in [0.29, 0.717) is 0 Å². The van der Waals surface area contributed by atoms with Crippen molar-refractivity contribution >= 4 is 11.4 Å². The number of hydrogen-bond donors (Lipinski definition) is 0. The molecule has 0 N–H and O–H groups in total. The van der Waals surface area contributed by atoms with E-state index in [1.807, 2.05) is 27.7 Å². The zero-order valence-corrected chi connectivity index (χ0v) is 5.45.